The zero-order valence-corrected chi connectivity index (χ0v) is 14.7. The third kappa shape index (κ3) is 3.87. The molecule has 1 N–H and O–H groups in total. The Labute approximate surface area is 143 Å². The number of likely N-dealkylation sites (tertiary alicyclic amines) is 1. The molecule has 2 aromatic rings. The van der Waals surface area contributed by atoms with Gasteiger partial charge in [0.15, 0.2) is 0 Å². The molecule has 2 aromatic heterocycles. The van der Waals surface area contributed by atoms with Gasteiger partial charge in [-0.15, -0.1) is 10.2 Å². The molecule has 1 aliphatic rings. The molecule has 0 aliphatic carbocycles. The van der Waals surface area contributed by atoms with Crippen LogP contribution in [0.3, 0.4) is 0 Å². The molecule has 0 bridgehead atoms. The monoisotopic (exact) mass is 332 g/mol. The second kappa shape index (κ2) is 7.94. The highest BCUT2D eigenvalue weighted by molar-refractivity contribution is 5.03. The molecule has 0 radical (unpaired) electrons. The molecule has 1 aliphatic heterocycles. The van der Waals surface area contributed by atoms with Gasteiger partial charge in [-0.1, -0.05) is 12.8 Å². The van der Waals surface area contributed by atoms with E-state index in [1.54, 1.807) is 6.26 Å². The number of aliphatic hydroxyl groups excluding tert-OH is 1. The summed E-state index contributed by atoms with van der Waals surface area (Å²) in [6.45, 7) is 6.86. The van der Waals surface area contributed by atoms with Crippen molar-refractivity contribution in [3.8, 4) is 0 Å². The van der Waals surface area contributed by atoms with E-state index in [0.717, 1.165) is 37.7 Å². The number of hydrogen-bond donors (Lipinski definition) is 1. The van der Waals surface area contributed by atoms with Crippen LogP contribution < -0.4 is 0 Å². The maximum atomic E-state index is 10.5. The molecule has 132 valence electrons. The minimum absolute atomic E-state index is 0.343. The summed E-state index contributed by atoms with van der Waals surface area (Å²) in [6.07, 6.45) is 6.55. The number of aryl methyl sites for hydroxylation is 1. The molecule has 1 saturated heterocycles. The van der Waals surface area contributed by atoms with E-state index in [4.69, 9.17) is 4.42 Å². The van der Waals surface area contributed by atoms with Crippen LogP contribution in [-0.2, 0) is 13.1 Å². The van der Waals surface area contributed by atoms with E-state index < -0.39 is 6.10 Å². The first-order chi connectivity index (χ1) is 11.7. The van der Waals surface area contributed by atoms with Gasteiger partial charge in [0.25, 0.3) is 0 Å². The third-order valence-electron chi connectivity index (χ3n) is 5.04. The predicted molar refractivity (Wildman–Crippen MR) is 91.4 cm³/mol. The van der Waals surface area contributed by atoms with Crippen molar-refractivity contribution in [3.63, 3.8) is 0 Å². The minimum atomic E-state index is -0.545. The Morgan fingerprint density at radius 2 is 2.21 bits per heavy atom. The topological polar surface area (TPSA) is 67.3 Å². The van der Waals surface area contributed by atoms with Crippen molar-refractivity contribution in [2.45, 2.75) is 71.2 Å². The lowest BCUT2D eigenvalue weighted by Gasteiger charge is -2.30. The lowest BCUT2D eigenvalue weighted by Crippen LogP contribution is -2.36. The van der Waals surface area contributed by atoms with Crippen molar-refractivity contribution in [2.75, 3.05) is 6.54 Å². The largest absolute Gasteiger partial charge is 0.467 e. The first kappa shape index (κ1) is 17.2. The van der Waals surface area contributed by atoms with E-state index in [2.05, 4.69) is 26.6 Å². The van der Waals surface area contributed by atoms with Crippen LogP contribution >= 0.6 is 0 Å². The fourth-order valence-electron chi connectivity index (χ4n) is 3.70. The molecule has 0 aromatic carbocycles. The molecule has 2 atom stereocenters. The van der Waals surface area contributed by atoms with Crippen LogP contribution in [0.1, 0.15) is 62.5 Å². The molecule has 6 nitrogen and oxygen atoms in total. The van der Waals surface area contributed by atoms with Gasteiger partial charge in [0.2, 0.25) is 0 Å². The van der Waals surface area contributed by atoms with Crippen LogP contribution in [0.2, 0.25) is 0 Å². The predicted octanol–water partition coefficient (Wildman–Crippen LogP) is 3.07. The summed E-state index contributed by atoms with van der Waals surface area (Å²) in [5.41, 5.74) is 0. The first-order valence-electron chi connectivity index (χ1n) is 9.03. The van der Waals surface area contributed by atoms with Crippen LogP contribution in [0.25, 0.3) is 0 Å². The van der Waals surface area contributed by atoms with Crippen LogP contribution in [0, 0.1) is 6.92 Å². The van der Waals surface area contributed by atoms with E-state index in [1.807, 2.05) is 19.1 Å². The van der Waals surface area contributed by atoms with E-state index in [0.29, 0.717) is 18.2 Å². The summed E-state index contributed by atoms with van der Waals surface area (Å²) in [6, 6.07) is 4.02. The lowest BCUT2D eigenvalue weighted by molar-refractivity contribution is 0.0813. The van der Waals surface area contributed by atoms with Gasteiger partial charge in [-0.25, -0.2) is 0 Å². The fourth-order valence-corrected chi connectivity index (χ4v) is 3.70. The Hall–Kier alpha value is -1.66. The Morgan fingerprint density at radius 3 is 2.96 bits per heavy atom. The molecular weight excluding hydrogens is 304 g/mol. The molecule has 6 heteroatoms. The third-order valence-corrected chi connectivity index (χ3v) is 5.04. The molecule has 0 amide bonds. The Morgan fingerprint density at radius 1 is 1.33 bits per heavy atom. The van der Waals surface area contributed by atoms with Gasteiger partial charge in [0.05, 0.1) is 12.8 Å². The minimum Gasteiger partial charge on any atom is -0.467 e. The van der Waals surface area contributed by atoms with Crippen LogP contribution in [0.15, 0.2) is 22.8 Å². The lowest BCUT2D eigenvalue weighted by atomic mass is 10.0. The van der Waals surface area contributed by atoms with Gasteiger partial charge in [-0.3, -0.25) is 4.90 Å². The van der Waals surface area contributed by atoms with Gasteiger partial charge >= 0.3 is 0 Å². The fraction of sp³-hybridized carbons (Fsp3) is 0.667. The highest BCUT2D eigenvalue weighted by Gasteiger charge is 2.26. The van der Waals surface area contributed by atoms with E-state index >= 15 is 0 Å². The summed E-state index contributed by atoms with van der Waals surface area (Å²) in [5, 5.41) is 19.1. The highest BCUT2D eigenvalue weighted by Crippen LogP contribution is 2.27. The maximum Gasteiger partial charge on any atom is 0.147 e. The SMILES string of the molecule is CCn1c(C)nnc1CN1CCCCCC1CC(O)c1ccco1. The van der Waals surface area contributed by atoms with Crippen molar-refractivity contribution >= 4 is 0 Å². The average molecular weight is 332 g/mol. The Bertz CT molecular complexity index is 623. The zero-order chi connectivity index (χ0) is 16.9. The molecule has 0 spiro atoms. The van der Waals surface area contributed by atoms with Crippen molar-refractivity contribution < 1.29 is 9.52 Å². The molecule has 2 unspecified atom stereocenters. The standard InChI is InChI=1S/C18H28N4O2/c1-3-22-14(2)19-20-18(22)13-21-10-6-4-5-8-15(21)12-16(23)17-9-7-11-24-17/h7,9,11,15-16,23H,3-6,8,10,12-13H2,1-2H3. The number of nitrogens with zero attached hydrogens (tertiary/aromatic N) is 4. The summed E-state index contributed by atoms with van der Waals surface area (Å²) < 4.78 is 7.54. The molecule has 1 fully saturated rings. The molecule has 24 heavy (non-hydrogen) atoms. The normalized spacial score (nSPS) is 20.9. The van der Waals surface area contributed by atoms with Crippen molar-refractivity contribution in [1.29, 1.82) is 0 Å². The smallest absolute Gasteiger partial charge is 0.147 e. The zero-order valence-electron chi connectivity index (χ0n) is 14.7. The average Bonchev–Trinajstić information content (AvgIpc) is 3.17. The number of furan rings is 1. The number of rotatable bonds is 6. The number of hydrogen-bond acceptors (Lipinski definition) is 5. The van der Waals surface area contributed by atoms with Crippen LogP contribution in [0.4, 0.5) is 0 Å². The molecule has 3 rings (SSSR count). The summed E-state index contributed by atoms with van der Waals surface area (Å²) in [4.78, 5) is 2.47. The van der Waals surface area contributed by atoms with Crippen LogP contribution in [-0.4, -0.2) is 37.4 Å². The summed E-state index contributed by atoms with van der Waals surface area (Å²) in [5.74, 6) is 2.65. The quantitative estimate of drug-likeness (QED) is 0.880. The Kier molecular flexibility index (Phi) is 5.68. The number of aromatic nitrogens is 3. The van der Waals surface area contributed by atoms with E-state index in [1.165, 1.54) is 19.3 Å². The van der Waals surface area contributed by atoms with E-state index in [-0.39, 0.29) is 0 Å². The van der Waals surface area contributed by atoms with Gasteiger partial charge in [-0.2, -0.15) is 0 Å². The van der Waals surface area contributed by atoms with Crippen molar-refractivity contribution in [3.05, 3.63) is 35.8 Å². The Balaban J connectivity index is 1.72. The van der Waals surface area contributed by atoms with Gasteiger partial charge in [0, 0.05) is 12.6 Å². The van der Waals surface area contributed by atoms with Crippen molar-refractivity contribution in [1.82, 2.24) is 19.7 Å². The molecule has 3 heterocycles. The first-order valence-corrected chi connectivity index (χ1v) is 9.03. The van der Waals surface area contributed by atoms with Gasteiger partial charge in [0.1, 0.15) is 23.5 Å². The maximum absolute atomic E-state index is 10.5. The second-order valence-electron chi connectivity index (χ2n) is 6.65. The summed E-state index contributed by atoms with van der Waals surface area (Å²) in [7, 11) is 0. The number of aliphatic hydroxyl groups is 1. The molecular formula is C18H28N4O2. The van der Waals surface area contributed by atoms with E-state index in [9.17, 15) is 5.11 Å². The summed E-state index contributed by atoms with van der Waals surface area (Å²) >= 11 is 0. The highest BCUT2D eigenvalue weighted by atomic mass is 16.4. The molecule has 0 saturated carbocycles. The van der Waals surface area contributed by atoms with Crippen LogP contribution in [0.5, 0.6) is 0 Å². The second-order valence-corrected chi connectivity index (χ2v) is 6.65. The van der Waals surface area contributed by atoms with Gasteiger partial charge < -0.3 is 14.1 Å². The van der Waals surface area contributed by atoms with Crippen molar-refractivity contribution in [2.24, 2.45) is 0 Å². The van der Waals surface area contributed by atoms with Gasteiger partial charge in [-0.05, 0) is 51.8 Å².